The number of nitrogens with one attached hydrogen (secondary N) is 1. The number of nitrogens with zero attached hydrogens (tertiary/aromatic N) is 1. The van der Waals surface area contributed by atoms with Crippen LogP contribution >= 0.6 is 0 Å². The molecule has 1 aliphatic carbocycles. The van der Waals surface area contributed by atoms with Gasteiger partial charge in [0.25, 0.3) is 0 Å². The van der Waals surface area contributed by atoms with Crippen LogP contribution in [0.2, 0.25) is 0 Å². The van der Waals surface area contributed by atoms with E-state index in [1.165, 1.54) is 12.1 Å². The number of amides is 1. The topological polar surface area (TPSA) is 60.0 Å². The third-order valence-electron chi connectivity index (χ3n) is 7.26. The molecule has 0 bridgehead atoms. The molecule has 1 amide bonds. The second-order valence-electron chi connectivity index (χ2n) is 9.14. The van der Waals surface area contributed by atoms with E-state index in [-0.39, 0.29) is 24.6 Å². The molecule has 33 heavy (non-hydrogen) atoms. The van der Waals surface area contributed by atoms with E-state index in [4.69, 9.17) is 14.2 Å². The molecule has 2 aromatic rings. The molecule has 1 atom stereocenters. The zero-order valence-electron chi connectivity index (χ0n) is 18.9. The Balaban J connectivity index is 1.38. The number of benzene rings is 2. The predicted octanol–water partition coefficient (Wildman–Crippen LogP) is 3.95. The van der Waals surface area contributed by atoms with Gasteiger partial charge in [0.05, 0.1) is 24.7 Å². The number of halogens is 1. The van der Waals surface area contributed by atoms with E-state index in [0.717, 1.165) is 62.1 Å². The van der Waals surface area contributed by atoms with Crippen molar-refractivity contribution in [1.29, 1.82) is 0 Å². The zero-order valence-corrected chi connectivity index (χ0v) is 18.9. The molecule has 1 saturated heterocycles. The van der Waals surface area contributed by atoms with Gasteiger partial charge in [0.1, 0.15) is 5.82 Å². The highest BCUT2D eigenvalue weighted by Gasteiger charge is 2.42. The van der Waals surface area contributed by atoms with Gasteiger partial charge in [-0.3, -0.25) is 9.69 Å². The summed E-state index contributed by atoms with van der Waals surface area (Å²) in [5.41, 5.74) is 1.42. The van der Waals surface area contributed by atoms with Crippen LogP contribution in [0.3, 0.4) is 0 Å². The van der Waals surface area contributed by atoms with Gasteiger partial charge in [-0.15, -0.1) is 0 Å². The minimum Gasteiger partial charge on any atom is -0.454 e. The van der Waals surface area contributed by atoms with Crippen LogP contribution in [-0.2, 0) is 14.9 Å². The fourth-order valence-corrected chi connectivity index (χ4v) is 5.39. The molecule has 176 valence electrons. The van der Waals surface area contributed by atoms with Crippen LogP contribution in [0.25, 0.3) is 0 Å². The molecule has 1 unspecified atom stereocenters. The Hall–Kier alpha value is -2.64. The van der Waals surface area contributed by atoms with Crippen LogP contribution in [0, 0.1) is 5.82 Å². The molecule has 1 N–H and O–H groups in total. The summed E-state index contributed by atoms with van der Waals surface area (Å²) in [6.07, 6.45) is 4.82. The lowest BCUT2D eigenvalue weighted by Gasteiger charge is -2.38. The van der Waals surface area contributed by atoms with Crippen molar-refractivity contribution in [2.75, 3.05) is 39.6 Å². The first kappa shape index (κ1) is 22.2. The summed E-state index contributed by atoms with van der Waals surface area (Å²) in [6.45, 7) is 3.57. The Labute approximate surface area is 194 Å². The first-order valence-electron chi connectivity index (χ1n) is 11.9. The Morgan fingerprint density at radius 3 is 2.48 bits per heavy atom. The van der Waals surface area contributed by atoms with Crippen LogP contribution in [0.15, 0.2) is 42.5 Å². The van der Waals surface area contributed by atoms with Gasteiger partial charge in [-0.25, -0.2) is 4.39 Å². The second-order valence-corrected chi connectivity index (χ2v) is 9.14. The highest BCUT2D eigenvalue weighted by atomic mass is 19.1. The van der Waals surface area contributed by atoms with E-state index >= 15 is 0 Å². The van der Waals surface area contributed by atoms with Gasteiger partial charge in [0.2, 0.25) is 12.7 Å². The maximum absolute atomic E-state index is 13.8. The molecule has 5 rings (SSSR count). The van der Waals surface area contributed by atoms with Crippen molar-refractivity contribution in [3.05, 3.63) is 59.4 Å². The van der Waals surface area contributed by atoms with E-state index in [2.05, 4.69) is 10.2 Å². The lowest BCUT2D eigenvalue weighted by molar-refractivity contribution is -0.128. The molecule has 1 saturated carbocycles. The summed E-state index contributed by atoms with van der Waals surface area (Å²) in [7, 11) is 0. The van der Waals surface area contributed by atoms with E-state index in [1.807, 2.05) is 30.3 Å². The van der Waals surface area contributed by atoms with Gasteiger partial charge in [-0.2, -0.15) is 0 Å². The first-order chi connectivity index (χ1) is 16.2. The second kappa shape index (κ2) is 9.69. The highest BCUT2D eigenvalue weighted by Crippen LogP contribution is 2.43. The van der Waals surface area contributed by atoms with Crippen molar-refractivity contribution < 1.29 is 23.4 Å². The number of carbonyl (C=O) groups excluding carboxylic acids is 1. The molecular formula is C26H31FN2O4. The zero-order chi connectivity index (χ0) is 22.7. The molecular weight excluding hydrogens is 423 g/mol. The summed E-state index contributed by atoms with van der Waals surface area (Å²) in [6, 6.07) is 12.5. The van der Waals surface area contributed by atoms with Crippen LogP contribution in [0.5, 0.6) is 11.5 Å². The molecule has 2 aromatic carbocycles. The Morgan fingerprint density at radius 2 is 1.73 bits per heavy atom. The van der Waals surface area contributed by atoms with Crippen molar-refractivity contribution in [3.63, 3.8) is 0 Å². The van der Waals surface area contributed by atoms with Crippen LogP contribution < -0.4 is 14.8 Å². The van der Waals surface area contributed by atoms with Crippen molar-refractivity contribution in [3.8, 4) is 11.5 Å². The van der Waals surface area contributed by atoms with Crippen molar-refractivity contribution in [2.24, 2.45) is 0 Å². The van der Waals surface area contributed by atoms with Crippen LogP contribution in [0.1, 0.15) is 49.3 Å². The molecule has 7 heteroatoms. The summed E-state index contributed by atoms with van der Waals surface area (Å²) in [5, 5.41) is 3.28. The third-order valence-corrected chi connectivity index (χ3v) is 7.26. The highest BCUT2D eigenvalue weighted by molar-refractivity contribution is 5.88. The van der Waals surface area contributed by atoms with Crippen molar-refractivity contribution in [2.45, 2.75) is 43.6 Å². The molecule has 0 aromatic heterocycles. The van der Waals surface area contributed by atoms with Gasteiger partial charge >= 0.3 is 0 Å². The number of fused-ring (bicyclic) bond motifs is 1. The third kappa shape index (κ3) is 4.57. The number of morpholine rings is 1. The van der Waals surface area contributed by atoms with E-state index in [9.17, 15) is 9.18 Å². The monoisotopic (exact) mass is 454 g/mol. The molecule has 3 aliphatic rings. The largest absolute Gasteiger partial charge is 0.454 e. The Bertz CT molecular complexity index is 969. The van der Waals surface area contributed by atoms with Gasteiger partial charge in [-0.1, -0.05) is 37.5 Å². The number of carbonyl (C=O) groups is 1. The van der Waals surface area contributed by atoms with Crippen LogP contribution in [-0.4, -0.2) is 50.4 Å². The van der Waals surface area contributed by atoms with E-state index in [0.29, 0.717) is 25.5 Å². The minimum absolute atomic E-state index is 0.0316. The van der Waals surface area contributed by atoms with Gasteiger partial charge in [-0.05, 0) is 48.2 Å². The first-order valence-corrected chi connectivity index (χ1v) is 11.9. The van der Waals surface area contributed by atoms with Gasteiger partial charge in [0, 0.05) is 19.6 Å². The Kier molecular flexibility index (Phi) is 6.51. The Morgan fingerprint density at radius 1 is 1.00 bits per heavy atom. The average molecular weight is 455 g/mol. The molecule has 2 aliphatic heterocycles. The number of ether oxygens (including phenoxy) is 3. The molecule has 6 nitrogen and oxygen atoms in total. The fourth-order valence-electron chi connectivity index (χ4n) is 5.39. The molecule has 0 spiro atoms. The van der Waals surface area contributed by atoms with Crippen molar-refractivity contribution >= 4 is 5.91 Å². The summed E-state index contributed by atoms with van der Waals surface area (Å²) < 4.78 is 30.2. The molecule has 0 radical (unpaired) electrons. The van der Waals surface area contributed by atoms with Crippen LogP contribution in [0.4, 0.5) is 4.39 Å². The summed E-state index contributed by atoms with van der Waals surface area (Å²) in [4.78, 5) is 16.1. The lowest BCUT2D eigenvalue weighted by atomic mass is 9.68. The lowest BCUT2D eigenvalue weighted by Crippen LogP contribution is -2.49. The number of hydrogen-bond acceptors (Lipinski definition) is 5. The normalized spacial score (nSPS) is 20.9. The van der Waals surface area contributed by atoms with E-state index < -0.39 is 5.41 Å². The molecule has 2 fully saturated rings. The van der Waals surface area contributed by atoms with Crippen molar-refractivity contribution in [1.82, 2.24) is 10.2 Å². The average Bonchev–Trinajstić information content (AvgIpc) is 3.34. The predicted molar refractivity (Wildman–Crippen MR) is 122 cm³/mol. The molecule has 2 heterocycles. The van der Waals surface area contributed by atoms with E-state index in [1.54, 1.807) is 0 Å². The maximum Gasteiger partial charge on any atom is 0.231 e. The minimum atomic E-state index is -0.572. The fraction of sp³-hybridized carbons (Fsp3) is 0.500. The summed E-state index contributed by atoms with van der Waals surface area (Å²) in [5.74, 6) is 1.24. The maximum atomic E-state index is 13.8. The van der Waals surface area contributed by atoms with Gasteiger partial charge < -0.3 is 19.5 Å². The smallest absolute Gasteiger partial charge is 0.231 e. The SMILES string of the molecule is O=C(NCC(c1ccc(F)cc1)N1CCOCC1)C1(c2ccc3c(c2)OCO3)CCCCC1. The number of rotatable bonds is 6. The number of hydrogen-bond donors (Lipinski definition) is 1. The van der Waals surface area contributed by atoms with Gasteiger partial charge in [0.15, 0.2) is 11.5 Å². The quantitative estimate of drug-likeness (QED) is 0.716. The summed E-state index contributed by atoms with van der Waals surface area (Å²) >= 11 is 0. The standard InChI is InChI=1S/C26H31FN2O4/c27-21-7-4-19(5-8-21)22(29-12-14-31-15-13-29)17-28-25(30)26(10-2-1-3-11-26)20-6-9-23-24(16-20)33-18-32-23/h4-9,16,22H,1-3,10-15,17-18H2,(H,28,30).